The zero-order valence-electron chi connectivity index (χ0n) is 12.3. The second kappa shape index (κ2) is 7.05. The third-order valence-corrected chi connectivity index (χ3v) is 5.08. The van der Waals surface area contributed by atoms with Crippen molar-refractivity contribution in [1.82, 2.24) is 4.90 Å². The molecule has 1 fully saturated rings. The van der Waals surface area contributed by atoms with Gasteiger partial charge in [0, 0.05) is 18.7 Å². The Labute approximate surface area is 133 Å². The molecule has 1 aliphatic heterocycles. The lowest BCUT2D eigenvalue weighted by Gasteiger charge is -2.26. The minimum Gasteiger partial charge on any atom is -0.446 e. The highest BCUT2D eigenvalue weighted by atomic mass is 32.2. The van der Waals surface area contributed by atoms with E-state index in [4.69, 9.17) is 10.5 Å². The third-order valence-electron chi connectivity index (χ3n) is 3.47. The van der Waals surface area contributed by atoms with Crippen LogP contribution < -0.4 is 5.73 Å². The molecule has 7 nitrogen and oxygen atoms in total. The van der Waals surface area contributed by atoms with Crippen molar-refractivity contribution >= 4 is 21.7 Å². The van der Waals surface area contributed by atoms with Crippen molar-refractivity contribution in [1.29, 1.82) is 0 Å². The van der Waals surface area contributed by atoms with Gasteiger partial charge in [0.15, 0.2) is 9.84 Å². The van der Waals surface area contributed by atoms with Crippen molar-refractivity contribution in [3.8, 4) is 0 Å². The van der Waals surface area contributed by atoms with Gasteiger partial charge in [-0.2, -0.15) is 0 Å². The molecule has 1 aliphatic rings. The van der Waals surface area contributed by atoms with Crippen molar-refractivity contribution in [2.24, 2.45) is 5.73 Å². The van der Waals surface area contributed by atoms with Crippen LogP contribution in [-0.4, -0.2) is 56.3 Å². The molecule has 0 aliphatic carbocycles. The van der Waals surface area contributed by atoms with E-state index in [1.807, 2.05) is 0 Å². The zero-order valence-corrected chi connectivity index (χ0v) is 13.1. The number of carbonyl (C=O) groups is 2. The van der Waals surface area contributed by atoms with Gasteiger partial charge >= 0.3 is 5.97 Å². The summed E-state index contributed by atoms with van der Waals surface area (Å²) >= 11 is 0. The van der Waals surface area contributed by atoms with Gasteiger partial charge in [0.1, 0.15) is 5.82 Å². The van der Waals surface area contributed by atoms with Crippen molar-refractivity contribution in [3.63, 3.8) is 0 Å². The standard InChI is InChI=1S/C14H17FN2O5S/c15-11-3-1-10(2-4-11)13(14(16)19)22-12(18)9-17-5-7-23(20,21)8-6-17/h1-4,13H,5-9H2,(H2,16,19). The van der Waals surface area contributed by atoms with Crippen LogP contribution in [0.3, 0.4) is 0 Å². The minimum absolute atomic E-state index is 0.0164. The Kier molecular flexibility index (Phi) is 5.32. The van der Waals surface area contributed by atoms with Gasteiger partial charge in [-0.1, -0.05) is 12.1 Å². The number of amides is 1. The highest BCUT2D eigenvalue weighted by molar-refractivity contribution is 7.91. The van der Waals surface area contributed by atoms with Crippen LogP contribution in [0.2, 0.25) is 0 Å². The van der Waals surface area contributed by atoms with E-state index in [1.54, 1.807) is 4.90 Å². The van der Waals surface area contributed by atoms with Gasteiger partial charge in [0.25, 0.3) is 5.91 Å². The second-order valence-corrected chi connectivity index (χ2v) is 7.56. The summed E-state index contributed by atoms with van der Waals surface area (Å²) in [4.78, 5) is 25.0. The Hall–Kier alpha value is -2.00. The van der Waals surface area contributed by atoms with Crippen LogP contribution in [0.5, 0.6) is 0 Å². The maximum Gasteiger partial charge on any atom is 0.321 e. The number of hydrogen-bond acceptors (Lipinski definition) is 6. The lowest BCUT2D eigenvalue weighted by Crippen LogP contribution is -2.43. The molecule has 0 aromatic heterocycles. The molecule has 1 amide bonds. The molecular weight excluding hydrogens is 327 g/mol. The Morgan fingerprint density at radius 1 is 1.22 bits per heavy atom. The average Bonchev–Trinajstić information content (AvgIpc) is 2.48. The first-order chi connectivity index (χ1) is 10.8. The van der Waals surface area contributed by atoms with E-state index < -0.39 is 33.6 Å². The monoisotopic (exact) mass is 344 g/mol. The predicted molar refractivity (Wildman–Crippen MR) is 79.5 cm³/mol. The maximum atomic E-state index is 12.9. The van der Waals surface area contributed by atoms with Crippen LogP contribution in [0, 0.1) is 5.82 Å². The number of nitrogens with two attached hydrogens (primary N) is 1. The molecule has 2 rings (SSSR count). The van der Waals surface area contributed by atoms with Crippen molar-refractivity contribution in [2.45, 2.75) is 6.10 Å². The van der Waals surface area contributed by atoms with Crippen LogP contribution in [0.25, 0.3) is 0 Å². The van der Waals surface area contributed by atoms with Crippen molar-refractivity contribution in [2.75, 3.05) is 31.1 Å². The van der Waals surface area contributed by atoms with E-state index >= 15 is 0 Å². The van der Waals surface area contributed by atoms with E-state index in [0.29, 0.717) is 0 Å². The number of hydrogen-bond donors (Lipinski definition) is 1. The predicted octanol–water partition coefficient (Wildman–Crippen LogP) is -0.374. The number of rotatable bonds is 5. The molecule has 23 heavy (non-hydrogen) atoms. The minimum atomic E-state index is -3.04. The van der Waals surface area contributed by atoms with E-state index in [0.717, 1.165) is 12.1 Å². The number of benzene rings is 1. The first kappa shape index (κ1) is 17.4. The molecule has 1 heterocycles. The van der Waals surface area contributed by atoms with Crippen LogP contribution >= 0.6 is 0 Å². The van der Waals surface area contributed by atoms with Gasteiger partial charge in [-0.15, -0.1) is 0 Å². The molecule has 9 heteroatoms. The summed E-state index contributed by atoms with van der Waals surface area (Å²) in [6.07, 6.45) is -1.31. The summed E-state index contributed by atoms with van der Waals surface area (Å²) < 4.78 is 40.6. The molecule has 2 N–H and O–H groups in total. The number of ether oxygens (including phenoxy) is 1. The topological polar surface area (TPSA) is 107 Å². The summed E-state index contributed by atoms with van der Waals surface area (Å²) in [5.74, 6) is -2.09. The Bertz CT molecular complexity index is 676. The fourth-order valence-corrected chi connectivity index (χ4v) is 3.46. The molecular formula is C14H17FN2O5S. The van der Waals surface area contributed by atoms with Gasteiger partial charge in [-0.05, 0) is 12.1 Å². The molecule has 0 spiro atoms. The molecule has 1 aromatic carbocycles. The summed E-state index contributed by atoms with van der Waals surface area (Å²) in [5, 5.41) is 0. The van der Waals surface area contributed by atoms with Crippen LogP contribution in [0.4, 0.5) is 4.39 Å². The van der Waals surface area contributed by atoms with Crippen molar-refractivity contribution in [3.05, 3.63) is 35.6 Å². The van der Waals surface area contributed by atoms with Gasteiger partial charge in [0.2, 0.25) is 6.10 Å². The van der Waals surface area contributed by atoms with Gasteiger partial charge < -0.3 is 10.5 Å². The lowest BCUT2D eigenvalue weighted by molar-refractivity contribution is -0.156. The molecule has 0 radical (unpaired) electrons. The summed E-state index contributed by atoms with van der Waals surface area (Å²) in [6.45, 7) is 0.324. The number of nitrogens with zero attached hydrogens (tertiary/aromatic N) is 1. The number of sulfone groups is 1. The molecule has 1 aromatic rings. The van der Waals surface area contributed by atoms with E-state index in [-0.39, 0.29) is 36.7 Å². The van der Waals surface area contributed by atoms with E-state index in [9.17, 15) is 22.4 Å². The zero-order chi connectivity index (χ0) is 17.0. The molecule has 0 saturated carbocycles. The lowest BCUT2D eigenvalue weighted by atomic mass is 10.1. The smallest absolute Gasteiger partial charge is 0.321 e. The summed E-state index contributed by atoms with van der Waals surface area (Å²) in [7, 11) is -3.04. The fraction of sp³-hybridized carbons (Fsp3) is 0.429. The normalized spacial score (nSPS) is 19.0. The average molecular weight is 344 g/mol. The maximum absolute atomic E-state index is 12.9. The van der Waals surface area contributed by atoms with E-state index in [2.05, 4.69) is 0 Å². The molecule has 126 valence electrons. The SMILES string of the molecule is NC(=O)C(OC(=O)CN1CCS(=O)(=O)CC1)c1ccc(F)cc1. The molecule has 1 saturated heterocycles. The third kappa shape index (κ3) is 5.00. The van der Waals surface area contributed by atoms with Gasteiger partial charge in [0.05, 0.1) is 18.1 Å². The number of carbonyl (C=O) groups excluding carboxylic acids is 2. The largest absolute Gasteiger partial charge is 0.446 e. The first-order valence-electron chi connectivity index (χ1n) is 6.94. The highest BCUT2D eigenvalue weighted by Crippen LogP contribution is 2.18. The Morgan fingerprint density at radius 2 is 1.78 bits per heavy atom. The summed E-state index contributed by atoms with van der Waals surface area (Å²) in [5.41, 5.74) is 5.49. The molecule has 1 unspecified atom stereocenters. The van der Waals surface area contributed by atoms with Crippen LogP contribution in [0.15, 0.2) is 24.3 Å². The fourth-order valence-electron chi connectivity index (χ4n) is 2.19. The molecule has 1 atom stereocenters. The van der Waals surface area contributed by atoms with Crippen molar-refractivity contribution < 1.29 is 27.1 Å². The Balaban J connectivity index is 1.96. The molecule has 0 bridgehead atoms. The Morgan fingerprint density at radius 3 is 2.30 bits per heavy atom. The van der Waals surface area contributed by atoms with Crippen LogP contribution in [0.1, 0.15) is 11.7 Å². The van der Waals surface area contributed by atoms with Crippen LogP contribution in [-0.2, 0) is 24.2 Å². The number of primary amides is 1. The first-order valence-corrected chi connectivity index (χ1v) is 8.76. The highest BCUT2D eigenvalue weighted by Gasteiger charge is 2.26. The van der Waals surface area contributed by atoms with E-state index in [1.165, 1.54) is 12.1 Å². The summed E-state index contributed by atoms with van der Waals surface area (Å²) in [6, 6.07) is 4.89. The van der Waals surface area contributed by atoms with Gasteiger partial charge in [-0.3, -0.25) is 14.5 Å². The quantitative estimate of drug-likeness (QED) is 0.730. The number of esters is 1. The second-order valence-electron chi connectivity index (χ2n) is 5.25. The van der Waals surface area contributed by atoms with Gasteiger partial charge in [-0.25, -0.2) is 12.8 Å². The number of halogens is 1.